The summed E-state index contributed by atoms with van der Waals surface area (Å²) in [6.45, 7) is 2.75. The van der Waals surface area contributed by atoms with Gasteiger partial charge in [0.25, 0.3) is 5.91 Å². The van der Waals surface area contributed by atoms with E-state index in [9.17, 15) is 14.4 Å². The van der Waals surface area contributed by atoms with Crippen molar-refractivity contribution < 1.29 is 19.1 Å². The summed E-state index contributed by atoms with van der Waals surface area (Å²) in [5, 5.41) is 9.64. The first-order chi connectivity index (χ1) is 13.9. The van der Waals surface area contributed by atoms with Gasteiger partial charge >= 0.3 is 0 Å². The number of nitrogens with zero attached hydrogens (tertiary/aromatic N) is 1. The van der Waals surface area contributed by atoms with Crippen molar-refractivity contribution in [2.75, 3.05) is 20.3 Å². The van der Waals surface area contributed by atoms with Crippen molar-refractivity contribution in [3.8, 4) is 0 Å². The van der Waals surface area contributed by atoms with E-state index in [1.807, 2.05) is 18.2 Å². The number of imide groups is 1. The topological polar surface area (TPSA) is 99.8 Å². The van der Waals surface area contributed by atoms with Crippen LogP contribution in [0.5, 0.6) is 0 Å². The summed E-state index contributed by atoms with van der Waals surface area (Å²) in [7, 11) is 1.74. The maximum absolute atomic E-state index is 12.9. The van der Waals surface area contributed by atoms with Crippen molar-refractivity contribution in [2.45, 2.75) is 55.9 Å². The standard InChI is InChI=1S/C21H26N4O4/c1-29-12-21-9-20(10-21,11-23-21)22-7-13-3-2-4-14-15(13)8-25(19(14)28)16-5-6-17(26)24-18(16)27/h2-4,16,22-23H,5-12H2,1H3,(H,24,26,27). The molecule has 1 aliphatic carbocycles. The van der Waals surface area contributed by atoms with Crippen LogP contribution in [-0.4, -0.2) is 60.0 Å². The molecule has 3 amide bonds. The second kappa shape index (κ2) is 6.62. The molecule has 1 unspecified atom stereocenters. The minimum atomic E-state index is -0.577. The van der Waals surface area contributed by atoms with E-state index in [1.165, 1.54) is 0 Å². The number of carbonyl (C=O) groups excluding carboxylic acids is 3. The Hall–Kier alpha value is -2.29. The molecule has 0 radical (unpaired) electrons. The fourth-order valence-electron chi connectivity index (χ4n) is 5.57. The van der Waals surface area contributed by atoms with Crippen molar-refractivity contribution >= 4 is 17.7 Å². The molecule has 29 heavy (non-hydrogen) atoms. The molecule has 8 heteroatoms. The Morgan fingerprint density at radius 3 is 2.86 bits per heavy atom. The van der Waals surface area contributed by atoms with Crippen molar-refractivity contribution in [1.82, 2.24) is 20.9 Å². The number of ether oxygens (including phenoxy) is 1. The van der Waals surface area contributed by atoms with E-state index < -0.39 is 6.04 Å². The highest BCUT2D eigenvalue weighted by Crippen LogP contribution is 2.47. The molecule has 4 heterocycles. The molecular weight excluding hydrogens is 372 g/mol. The number of rotatable bonds is 6. The maximum Gasteiger partial charge on any atom is 0.255 e. The number of benzene rings is 1. The Morgan fingerprint density at radius 1 is 1.28 bits per heavy atom. The van der Waals surface area contributed by atoms with Crippen LogP contribution in [0.1, 0.15) is 47.2 Å². The third-order valence-corrected chi connectivity index (χ3v) is 6.91. The number of fused-ring (bicyclic) bond motifs is 2. The number of methoxy groups -OCH3 is 1. The Morgan fingerprint density at radius 2 is 2.10 bits per heavy atom. The number of amides is 3. The fourth-order valence-corrected chi connectivity index (χ4v) is 5.57. The quantitative estimate of drug-likeness (QED) is 0.586. The van der Waals surface area contributed by atoms with Gasteiger partial charge in [0.2, 0.25) is 11.8 Å². The number of carbonyl (C=O) groups is 3. The van der Waals surface area contributed by atoms with Gasteiger partial charge in [-0.25, -0.2) is 0 Å². The molecule has 2 bridgehead atoms. The molecule has 0 spiro atoms. The molecule has 8 nitrogen and oxygen atoms in total. The zero-order chi connectivity index (χ0) is 20.2. The highest BCUT2D eigenvalue weighted by Gasteiger charge is 2.60. The van der Waals surface area contributed by atoms with Crippen LogP contribution in [-0.2, 0) is 27.4 Å². The van der Waals surface area contributed by atoms with Gasteiger partial charge in [-0.2, -0.15) is 0 Å². The highest BCUT2D eigenvalue weighted by molar-refractivity contribution is 6.05. The van der Waals surface area contributed by atoms with Crippen LogP contribution in [0, 0.1) is 0 Å². The molecule has 3 saturated heterocycles. The lowest BCUT2D eigenvalue weighted by atomic mass is 9.68. The van der Waals surface area contributed by atoms with E-state index in [0.29, 0.717) is 25.1 Å². The first kappa shape index (κ1) is 18.7. The SMILES string of the molecule is COCC12CC(NCc3cccc4c3CN(C3CCC(=O)NC3=O)C4=O)(CN1)C2. The van der Waals surface area contributed by atoms with E-state index >= 15 is 0 Å². The van der Waals surface area contributed by atoms with Gasteiger partial charge in [-0.15, -0.1) is 0 Å². The van der Waals surface area contributed by atoms with E-state index in [0.717, 1.165) is 37.1 Å². The molecule has 1 aromatic rings. The molecule has 6 rings (SSSR count). The lowest BCUT2D eigenvalue weighted by Crippen LogP contribution is -2.60. The molecule has 1 aromatic carbocycles. The smallest absolute Gasteiger partial charge is 0.255 e. The molecule has 4 fully saturated rings. The monoisotopic (exact) mass is 398 g/mol. The van der Waals surface area contributed by atoms with Crippen LogP contribution in [0.4, 0.5) is 0 Å². The Bertz CT molecular complexity index is 893. The minimum absolute atomic E-state index is 0.0904. The molecule has 4 aliphatic heterocycles. The normalized spacial score (nSPS) is 32.9. The van der Waals surface area contributed by atoms with Crippen LogP contribution in [0.15, 0.2) is 18.2 Å². The van der Waals surface area contributed by atoms with Gasteiger partial charge in [-0.3, -0.25) is 19.7 Å². The Balaban J connectivity index is 1.29. The second-order valence-corrected chi connectivity index (χ2v) is 8.90. The van der Waals surface area contributed by atoms with Crippen LogP contribution >= 0.6 is 0 Å². The van der Waals surface area contributed by atoms with Gasteiger partial charge in [0.1, 0.15) is 6.04 Å². The predicted octanol–water partition coefficient (Wildman–Crippen LogP) is 0.0582. The Kier molecular flexibility index (Phi) is 4.27. The first-order valence-electron chi connectivity index (χ1n) is 10.2. The number of nitrogens with one attached hydrogen (secondary N) is 3. The van der Waals surface area contributed by atoms with Gasteiger partial charge in [-0.05, 0) is 36.5 Å². The van der Waals surface area contributed by atoms with Gasteiger partial charge in [0.05, 0.1) is 6.61 Å². The zero-order valence-corrected chi connectivity index (χ0v) is 16.5. The number of hydrogen-bond acceptors (Lipinski definition) is 6. The molecule has 0 aromatic heterocycles. The third-order valence-electron chi connectivity index (χ3n) is 6.91. The van der Waals surface area contributed by atoms with Gasteiger partial charge < -0.3 is 20.3 Å². The summed E-state index contributed by atoms with van der Waals surface area (Å²) in [5.41, 5.74) is 2.95. The average molecular weight is 398 g/mol. The number of piperidine rings is 1. The van der Waals surface area contributed by atoms with E-state index in [-0.39, 0.29) is 35.2 Å². The fraction of sp³-hybridized carbons (Fsp3) is 0.571. The summed E-state index contributed by atoms with van der Waals surface area (Å²) < 4.78 is 5.34. The average Bonchev–Trinajstić information content (AvgIpc) is 3.31. The minimum Gasteiger partial charge on any atom is -0.383 e. The van der Waals surface area contributed by atoms with Crippen molar-refractivity contribution in [1.29, 1.82) is 0 Å². The second-order valence-electron chi connectivity index (χ2n) is 8.90. The first-order valence-corrected chi connectivity index (χ1v) is 10.2. The van der Waals surface area contributed by atoms with E-state index in [1.54, 1.807) is 12.0 Å². The molecule has 5 aliphatic rings. The van der Waals surface area contributed by atoms with E-state index in [2.05, 4.69) is 16.0 Å². The van der Waals surface area contributed by atoms with Gasteiger partial charge in [0, 0.05) is 49.8 Å². The Labute approximate surface area is 169 Å². The van der Waals surface area contributed by atoms with Crippen molar-refractivity contribution in [3.05, 3.63) is 34.9 Å². The van der Waals surface area contributed by atoms with Crippen LogP contribution < -0.4 is 16.0 Å². The molecule has 3 N–H and O–H groups in total. The van der Waals surface area contributed by atoms with Crippen LogP contribution in [0.25, 0.3) is 0 Å². The van der Waals surface area contributed by atoms with Crippen molar-refractivity contribution in [2.24, 2.45) is 0 Å². The van der Waals surface area contributed by atoms with Crippen LogP contribution in [0.2, 0.25) is 0 Å². The summed E-state index contributed by atoms with van der Waals surface area (Å²) in [6, 6.07) is 5.21. The maximum atomic E-state index is 12.9. The predicted molar refractivity (Wildman–Crippen MR) is 104 cm³/mol. The third kappa shape index (κ3) is 2.97. The van der Waals surface area contributed by atoms with E-state index in [4.69, 9.17) is 4.74 Å². The van der Waals surface area contributed by atoms with Gasteiger partial charge in [0.15, 0.2) is 0 Å². The summed E-state index contributed by atoms with van der Waals surface area (Å²) in [6.07, 6.45) is 2.74. The van der Waals surface area contributed by atoms with Crippen LogP contribution in [0.3, 0.4) is 0 Å². The lowest BCUT2D eigenvalue weighted by Gasteiger charge is -2.46. The molecule has 1 saturated carbocycles. The highest BCUT2D eigenvalue weighted by atomic mass is 16.5. The van der Waals surface area contributed by atoms with Gasteiger partial charge in [-0.1, -0.05) is 12.1 Å². The number of hydrogen-bond donors (Lipinski definition) is 3. The molecule has 154 valence electrons. The summed E-state index contributed by atoms with van der Waals surface area (Å²) >= 11 is 0. The zero-order valence-electron chi connectivity index (χ0n) is 16.5. The summed E-state index contributed by atoms with van der Waals surface area (Å²) in [5.74, 6) is -0.767. The molecule has 1 atom stereocenters. The summed E-state index contributed by atoms with van der Waals surface area (Å²) in [4.78, 5) is 38.2. The largest absolute Gasteiger partial charge is 0.383 e. The lowest BCUT2D eigenvalue weighted by molar-refractivity contribution is -0.136. The molecular formula is C21H26N4O4. The van der Waals surface area contributed by atoms with Crippen molar-refractivity contribution in [3.63, 3.8) is 0 Å².